The van der Waals surface area contributed by atoms with Crippen molar-refractivity contribution in [3.63, 3.8) is 0 Å². The third-order valence-corrected chi connectivity index (χ3v) is 5.37. The highest BCUT2D eigenvalue weighted by Crippen LogP contribution is 2.26. The van der Waals surface area contributed by atoms with Gasteiger partial charge >= 0.3 is 0 Å². The SMILES string of the molecule is Cc1nc2ccccc2c(=O)n1CC1CCN(c2cnccc2C#N)CC1. The Labute approximate surface area is 157 Å². The smallest absolute Gasteiger partial charge is 0.261 e. The lowest BCUT2D eigenvalue weighted by atomic mass is 9.96. The van der Waals surface area contributed by atoms with E-state index in [-0.39, 0.29) is 5.56 Å². The quantitative estimate of drug-likeness (QED) is 0.719. The van der Waals surface area contributed by atoms with Crippen LogP contribution in [0, 0.1) is 24.2 Å². The van der Waals surface area contributed by atoms with E-state index in [1.54, 1.807) is 18.5 Å². The molecule has 6 heteroatoms. The number of hydrogen-bond acceptors (Lipinski definition) is 5. The standard InChI is InChI=1S/C21H21N5O/c1-15-24-19-5-3-2-4-18(19)21(27)26(15)14-16-7-10-25(11-8-16)20-13-23-9-6-17(20)12-22/h2-6,9,13,16H,7-8,10-11,14H2,1H3. The first-order valence-corrected chi connectivity index (χ1v) is 9.22. The van der Waals surface area contributed by atoms with Gasteiger partial charge in [-0.1, -0.05) is 12.1 Å². The van der Waals surface area contributed by atoms with Crippen molar-refractivity contribution in [1.29, 1.82) is 5.26 Å². The van der Waals surface area contributed by atoms with E-state index in [9.17, 15) is 10.1 Å². The predicted octanol–water partition coefficient (Wildman–Crippen LogP) is 2.89. The Morgan fingerprint density at radius 3 is 2.78 bits per heavy atom. The first-order chi connectivity index (χ1) is 13.2. The minimum absolute atomic E-state index is 0.0413. The number of fused-ring (bicyclic) bond motifs is 1. The van der Waals surface area contributed by atoms with Crippen LogP contribution in [-0.2, 0) is 6.54 Å². The zero-order valence-electron chi connectivity index (χ0n) is 15.3. The number of nitrogens with zero attached hydrogens (tertiary/aromatic N) is 5. The molecule has 1 aliphatic heterocycles. The molecule has 0 aliphatic carbocycles. The average Bonchev–Trinajstić information content (AvgIpc) is 2.71. The topological polar surface area (TPSA) is 74.8 Å². The van der Waals surface area contributed by atoms with Gasteiger partial charge in [-0.25, -0.2) is 4.98 Å². The zero-order valence-corrected chi connectivity index (χ0v) is 15.3. The van der Waals surface area contributed by atoms with Crippen molar-refractivity contribution in [1.82, 2.24) is 14.5 Å². The van der Waals surface area contributed by atoms with Crippen LogP contribution in [0.5, 0.6) is 0 Å². The lowest BCUT2D eigenvalue weighted by molar-refractivity contribution is 0.348. The number of benzene rings is 1. The summed E-state index contributed by atoms with van der Waals surface area (Å²) in [7, 11) is 0. The summed E-state index contributed by atoms with van der Waals surface area (Å²) < 4.78 is 1.81. The van der Waals surface area contributed by atoms with Crippen molar-refractivity contribution in [3.8, 4) is 6.07 Å². The van der Waals surface area contributed by atoms with Crippen molar-refractivity contribution in [2.24, 2.45) is 5.92 Å². The number of para-hydroxylation sites is 1. The van der Waals surface area contributed by atoms with E-state index >= 15 is 0 Å². The van der Waals surface area contributed by atoms with Gasteiger partial charge in [0.25, 0.3) is 5.56 Å². The monoisotopic (exact) mass is 359 g/mol. The number of rotatable bonds is 3. The molecule has 1 aliphatic rings. The van der Waals surface area contributed by atoms with Crippen molar-refractivity contribution in [3.05, 3.63) is 64.5 Å². The molecule has 2 aromatic heterocycles. The summed E-state index contributed by atoms with van der Waals surface area (Å²) in [5.41, 5.74) is 2.36. The fraction of sp³-hybridized carbons (Fsp3) is 0.333. The minimum atomic E-state index is 0.0413. The molecule has 0 atom stereocenters. The maximum absolute atomic E-state index is 12.9. The first kappa shape index (κ1) is 17.2. The molecule has 0 bridgehead atoms. The molecule has 1 aromatic carbocycles. The largest absolute Gasteiger partial charge is 0.369 e. The lowest BCUT2D eigenvalue weighted by Gasteiger charge is -2.34. The van der Waals surface area contributed by atoms with Crippen LogP contribution in [0.2, 0.25) is 0 Å². The molecule has 0 unspecified atom stereocenters. The number of aromatic nitrogens is 3. The number of pyridine rings is 1. The van der Waals surface area contributed by atoms with E-state index in [1.165, 1.54) is 0 Å². The van der Waals surface area contributed by atoms with Crippen molar-refractivity contribution in [2.45, 2.75) is 26.3 Å². The molecule has 6 nitrogen and oxygen atoms in total. The van der Waals surface area contributed by atoms with Gasteiger partial charge in [-0.3, -0.25) is 14.3 Å². The van der Waals surface area contributed by atoms with Crippen molar-refractivity contribution in [2.75, 3.05) is 18.0 Å². The van der Waals surface area contributed by atoms with Gasteiger partial charge in [-0.05, 0) is 43.9 Å². The van der Waals surface area contributed by atoms with Gasteiger partial charge in [0.1, 0.15) is 11.9 Å². The first-order valence-electron chi connectivity index (χ1n) is 9.22. The molecular formula is C21H21N5O. The van der Waals surface area contributed by atoms with Gasteiger partial charge < -0.3 is 4.90 Å². The predicted molar refractivity (Wildman–Crippen MR) is 105 cm³/mol. The van der Waals surface area contributed by atoms with E-state index < -0.39 is 0 Å². The summed E-state index contributed by atoms with van der Waals surface area (Å²) >= 11 is 0. The van der Waals surface area contributed by atoms with Gasteiger partial charge in [-0.15, -0.1) is 0 Å². The maximum Gasteiger partial charge on any atom is 0.261 e. The van der Waals surface area contributed by atoms with E-state index in [4.69, 9.17) is 0 Å². The molecule has 0 N–H and O–H groups in total. The zero-order chi connectivity index (χ0) is 18.8. The summed E-state index contributed by atoms with van der Waals surface area (Å²) in [6.45, 7) is 4.31. The Morgan fingerprint density at radius 2 is 2.00 bits per heavy atom. The molecule has 4 rings (SSSR count). The normalized spacial score (nSPS) is 15.0. The molecule has 0 amide bonds. The van der Waals surface area contributed by atoms with Crippen LogP contribution >= 0.6 is 0 Å². The van der Waals surface area contributed by atoms with E-state index in [2.05, 4.69) is 20.9 Å². The second kappa shape index (κ2) is 7.20. The maximum atomic E-state index is 12.9. The van der Waals surface area contributed by atoms with Crippen LogP contribution in [0.3, 0.4) is 0 Å². The highest BCUT2D eigenvalue weighted by atomic mass is 16.1. The van der Waals surface area contributed by atoms with Crippen LogP contribution in [-0.4, -0.2) is 27.6 Å². The molecular weight excluding hydrogens is 338 g/mol. The van der Waals surface area contributed by atoms with Crippen LogP contribution in [0.25, 0.3) is 10.9 Å². The van der Waals surface area contributed by atoms with Crippen molar-refractivity contribution < 1.29 is 0 Å². The number of hydrogen-bond donors (Lipinski definition) is 0. The third-order valence-electron chi connectivity index (χ3n) is 5.37. The van der Waals surface area contributed by atoms with Crippen LogP contribution in [0.1, 0.15) is 24.2 Å². The minimum Gasteiger partial charge on any atom is -0.369 e. The summed E-state index contributed by atoms with van der Waals surface area (Å²) in [4.78, 5) is 23.8. The van der Waals surface area contributed by atoms with Crippen LogP contribution in [0.4, 0.5) is 5.69 Å². The summed E-state index contributed by atoms with van der Waals surface area (Å²) in [5.74, 6) is 1.18. The third kappa shape index (κ3) is 3.28. The second-order valence-electron chi connectivity index (χ2n) is 7.03. The highest BCUT2D eigenvalue weighted by molar-refractivity contribution is 5.77. The lowest BCUT2D eigenvalue weighted by Crippen LogP contribution is -2.37. The highest BCUT2D eigenvalue weighted by Gasteiger charge is 2.22. The molecule has 0 saturated carbocycles. The number of nitriles is 1. The van der Waals surface area contributed by atoms with E-state index in [1.807, 2.05) is 35.8 Å². The van der Waals surface area contributed by atoms with E-state index in [0.717, 1.165) is 43.0 Å². The van der Waals surface area contributed by atoms with E-state index in [0.29, 0.717) is 23.4 Å². The molecule has 0 spiro atoms. The molecule has 27 heavy (non-hydrogen) atoms. The van der Waals surface area contributed by atoms with Gasteiger partial charge in [0.05, 0.1) is 28.4 Å². The van der Waals surface area contributed by atoms with Crippen molar-refractivity contribution >= 4 is 16.6 Å². The second-order valence-corrected chi connectivity index (χ2v) is 7.03. The Bertz CT molecular complexity index is 1070. The molecule has 136 valence electrons. The van der Waals surface area contributed by atoms with Gasteiger partial charge in [0, 0.05) is 25.8 Å². The van der Waals surface area contributed by atoms with Gasteiger partial charge in [0.2, 0.25) is 0 Å². The van der Waals surface area contributed by atoms with Gasteiger partial charge in [-0.2, -0.15) is 5.26 Å². The molecule has 1 saturated heterocycles. The van der Waals surface area contributed by atoms with Crippen LogP contribution in [0.15, 0.2) is 47.5 Å². The summed E-state index contributed by atoms with van der Waals surface area (Å²) in [6, 6.07) is 11.5. The Morgan fingerprint density at radius 1 is 1.22 bits per heavy atom. The Kier molecular flexibility index (Phi) is 4.59. The summed E-state index contributed by atoms with van der Waals surface area (Å²) in [5, 5.41) is 9.97. The average molecular weight is 359 g/mol. The fourth-order valence-corrected chi connectivity index (χ4v) is 3.84. The molecule has 3 aromatic rings. The Hall–Kier alpha value is -3.20. The number of piperidine rings is 1. The Balaban J connectivity index is 1.51. The molecule has 1 fully saturated rings. The van der Waals surface area contributed by atoms with Gasteiger partial charge in [0.15, 0.2) is 0 Å². The number of aryl methyl sites for hydroxylation is 1. The molecule has 3 heterocycles. The molecule has 0 radical (unpaired) electrons. The fourth-order valence-electron chi connectivity index (χ4n) is 3.84. The van der Waals surface area contributed by atoms with Crippen LogP contribution < -0.4 is 10.5 Å². The number of anilines is 1. The summed E-state index contributed by atoms with van der Waals surface area (Å²) in [6.07, 6.45) is 5.36.